The summed E-state index contributed by atoms with van der Waals surface area (Å²) < 4.78 is 13.5. The van der Waals surface area contributed by atoms with Crippen LogP contribution in [0.2, 0.25) is 0 Å². The molecule has 0 aliphatic carbocycles. The number of hydrogen-bond acceptors (Lipinski definition) is 13. The van der Waals surface area contributed by atoms with Gasteiger partial charge in [-0.2, -0.15) is 5.10 Å². The topological polar surface area (TPSA) is 164 Å². The van der Waals surface area contributed by atoms with Gasteiger partial charge in [-0.15, -0.1) is 0 Å². The number of nitrogens with one attached hydrogen (secondary N) is 1. The summed E-state index contributed by atoms with van der Waals surface area (Å²) >= 11 is 0. The lowest BCUT2D eigenvalue weighted by Crippen LogP contribution is -2.51. The maximum atomic E-state index is 12.5. The third-order valence-corrected chi connectivity index (χ3v) is 13.8. The second-order valence-electron chi connectivity index (χ2n) is 17.6. The molecule has 4 saturated heterocycles. The Morgan fingerprint density at radius 2 is 1.49 bits per heavy atom. The first kappa shape index (κ1) is 42.4. The Kier molecular flexibility index (Phi) is 12.9. The van der Waals surface area contributed by atoms with Crippen molar-refractivity contribution in [3.63, 3.8) is 0 Å². The van der Waals surface area contributed by atoms with E-state index < -0.39 is 6.04 Å². The number of amides is 2. The minimum atomic E-state index is -0.498. The van der Waals surface area contributed by atoms with Crippen molar-refractivity contribution in [1.82, 2.24) is 39.8 Å². The second-order valence-corrected chi connectivity index (χ2v) is 17.6. The fourth-order valence-corrected chi connectivity index (χ4v) is 10.1. The molecule has 4 aliphatic rings. The van der Waals surface area contributed by atoms with E-state index in [1.54, 1.807) is 11.9 Å². The number of likely N-dealkylation sites (N-methyl/N-ethyl adjacent to an activating group) is 1. The van der Waals surface area contributed by atoms with E-state index in [0.717, 1.165) is 130 Å². The van der Waals surface area contributed by atoms with Crippen molar-refractivity contribution in [2.45, 2.75) is 69.4 Å². The summed E-state index contributed by atoms with van der Waals surface area (Å²) in [7, 11) is 1.80. The Hall–Kier alpha value is -5.90. The lowest BCUT2D eigenvalue weighted by Gasteiger charge is -2.39. The number of para-hydroxylation sites is 1. The largest absolute Gasteiger partial charge is 0.457 e. The highest BCUT2D eigenvalue weighted by molar-refractivity contribution is 6.02. The molecule has 63 heavy (non-hydrogen) atoms. The van der Waals surface area contributed by atoms with E-state index in [0.29, 0.717) is 36.1 Å². The van der Waals surface area contributed by atoms with Crippen LogP contribution in [0.15, 0.2) is 79.1 Å². The van der Waals surface area contributed by atoms with Crippen LogP contribution in [0.3, 0.4) is 0 Å². The van der Waals surface area contributed by atoms with Crippen LogP contribution in [0, 0.1) is 5.92 Å². The number of likely N-dealkylation sites (tertiary alicyclic amines) is 3. The lowest BCUT2D eigenvalue weighted by atomic mass is 9.88. The Morgan fingerprint density at radius 3 is 2.19 bits per heavy atom. The van der Waals surface area contributed by atoms with Crippen LogP contribution in [0.25, 0.3) is 22.3 Å². The first-order valence-corrected chi connectivity index (χ1v) is 22.6. The molecule has 15 heteroatoms. The monoisotopic (exact) mass is 854 g/mol. The van der Waals surface area contributed by atoms with Gasteiger partial charge in [0.2, 0.25) is 11.8 Å². The summed E-state index contributed by atoms with van der Waals surface area (Å²) in [6.45, 7) is 10.2. The number of benzene rings is 3. The first-order chi connectivity index (χ1) is 30.8. The standard InChI is InChI=1S/C48H58N10O5/c1-54(41-13-14-43(60)52-48(41)61)40-12-9-36(29-42(40)62-32-59)34-17-23-57(24-18-34)30-33-15-21-55(22-16-33)27-28-56-25-19-37(20-26-56)58-47-44(46(49)50-31-51-47)45(53-58)35-7-10-39(11-8-35)63-38-5-3-2-4-6-38/h2-12,29,31-34,37,41H,13-28,30H2,1H3,(H2,49,50,51)(H,52,60,61). The Balaban J connectivity index is 0.715. The summed E-state index contributed by atoms with van der Waals surface area (Å²) in [5.74, 6) is 2.95. The fourth-order valence-electron chi connectivity index (χ4n) is 10.1. The molecule has 0 saturated carbocycles. The number of anilines is 2. The van der Waals surface area contributed by atoms with Crippen molar-refractivity contribution in [2.24, 2.45) is 5.92 Å². The molecular formula is C48H58N10O5. The zero-order chi connectivity index (χ0) is 43.3. The van der Waals surface area contributed by atoms with Crippen molar-refractivity contribution in [3.8, 4) is 28.5 Å². The van der Waals surface area contributed by atoms with Crippen LogP contribution < -0.4 is 25.4 Å². The number of aromatic nitrogens is 4. The molecule has 4 aliphatic heterocycles. The van der Waals surface area contributed by atoms with Crippen LogP contribution in [0.1, 0.15) is 68.9 Å². The molecule has 3 N–H and O–H groups in total. The molecule has 2 aromatic heterocycles. The van der Waals surface area contributed by atoms with E-state index in [1.807, 2.05) is 66.7 Å². The number of carbonyl (C=O) groups is 3. The number of nitrogens with zero attached hydrogens (tertiary/aromatic N) is 8. The van der Waals surface area contributed by atoms with Gasteiger partial charge in [-0.05, 0) is 137 Å². The number of ether oxygens (including phenoxy) is 2. The highest BCUT2D eigenvalue weighted by Crippen LogP contribution is 2.38. The number of nitrogen functional groups attached to an aromatic ring is 1. The first-order valence-electron chi connectivity index (χ1n) is 22.6. The van der Waals surface area contributed by atoms with Gasteiger partial charge in [-0.25, -0.2) is 14.6 Å². The molecule has 4 fully saturated rings. The van der Waals surface area contributed by atoms with Gasteiger partial charge < -0.3 is 34.8 Å². The van der Waals surface area contributed by atoms with Crippen LogP contribution in [-0.2, 0) is 14.4 Å². The maximum absolute atomic E-state index is 12.5. The molecule has 1 atom stereocenters. The van der Waals surface area contributed by atoms with Gasteiger partial charge in [0.05, 0.1) is 17.1 Å². The van der Waals surface area contributed by atoms with Gasteiger partial charge in [0, 0.05) is 51.8 Å². The van der Waals surface area contributed by atoms with Crippen molar-refractivity contribution in [3.05, 3.63) is 84.7 Å². The fraction of sp³-hybridized carbons (Fsp3) is 0.458. The number of carbonyl (C=O) groups excluding carboxylic acids is 3. The quantitative estimate of drug-likeness (QED) is 0.101. The van der Waals surface area contributed by atoms with Gasteiger partial charge in [0.15, 0.2) is 11.4 Å². The summed E-state index contributed by atoms with van der Waals surface area (Å²) in [6, 6.07) is 23.5. The number of hydrogen-bond donors (Lipinski definition) is 2. The maximum Gasteiger partial charge on any atom is 0.298 e. The number of rotatable bonds is 14. The van der Waals surface area contributed by atoms with Crippen molar-refractivity contribution in [1.29, 1.82) is 0 Å². The average Bonchev–Trinajstić information content (AvgIpc) is 3.71. The second kappa shape index (κ2) is 19.2. The van der Waals surface area contributed by atoms with Gasteiger partial charge >= 0.3 is 0 Å². The predicted octanol–water partition coefficient (Wildman–Crippen LogP) is 5.87. The highest BCUT2D eigenvalue weighted by Gasteiger charge is 2.33. The molecule has 330 valence electrons. The van der Waals surface area contributed by atoms with Gasteiger partial charge in [-0.3, -0.25) is 19.7 Å². The SMILES string of the molecule is CN(c1ccc(C2CCN(CC3CCN(CCN4CCC(n5nc(-c6ccc(Oc7ccccc7)cc6)c6c(N)ncnc65)CC4)CC3)CC2)cc1OC=O)C1CCC(=O)NC1=O. The lowest BCUT2D eigenvalue weighted by molar-refractivity contribution is -0.134. The molecule has 9 rings (SSSR count). The summed E-state index contributed by atoms with van der Waals surface area (Å²) in [4.78, 5) is 54.4. The van der Waals surface area contributed by atoms with E-state index in [-0.39, 0.29) is 24.3 Å². The number of piperidine rings is 4. The zero-order valence-corrected chi connectivity index (χ0v) is 36.1. The van der Waals surface area contributed by atoms with E-state index in [1.165, 1.54) is 19.2 Å². The smallest absolute Gasteiger partial charge is 0.298 e. The van der Waals surface area contributed by atoms with Crippen molar-refractivity contribution < 1.29 is 23.9 Å². The van der Waals surface area contributed by atoms with E-state index in [4.69, 9.17) is 20.3 Å². The molecule has 0 spiro atoms. The molecule has 1 unspecified atom stereocenters. The number of fused-ring (bicyclic) bond motifs is 1. The molecule has 0 bridgehead atoms. The molecule has 2 amide bonds. The van der Waals surface area contributed by atoms with Crippen molar-refractivity contribution in [2.75, 3.05) is 76.6 Å². The Labute approximate surface area is 368 Å². The van der Waals surface area contributed by atoms with Crippen molar-refractivity contribution >= 4 is 40.8 Å². The molecule has 5 aromatic rings. The van der Waals surface area contributed by atoms with Crippen LogP contribution in [0.5, 0.6) is 17.2 Å². The Bertz CT molecular complexity index is 2370. The molecular weight excluding hydrogens is 797 g/mol. The number of imide groups is 1. The third kappa shape index (κ3) is 9.70. The van der Waals surface area contributed by atoms with E-state index in [2.05, 4.69) is 40.7 Å². The minimum absolute atomic E-state index is 0.238. The average molecular weight is 855 g/mol. The Morgan fingerprint density at radius 1 is 0.810 bits per heavy atom. The molecule has 15 nitrogen and oxygen atoms in total. The summed E-state index contributed by atoms with van der Waals surface area (Å²) in [5, 5.41) is 8.35. The third-order valence-electron chi connectivity index (χ3n) is 13.8. The van der Waals surface area contributed by atoms with Crippen LogP contribution in [-0.4, -0.2) is 125 Å². The predicted molar refractivity (Wildman–Crippen MR) is 242 cm³/mol. The number of nitrogens with two attached hydrogens (primary N) is 1. The van der Waals surface area contributed by atoms with E-state index in [9.17, 15) is 14.4 Å². The summed E-state index contributed by atoms with van der Waals surface area (Å²) in [5.41, 5.74) is 10.8. The van der Waals surface area contributed by atoms with Crippen LogP contribution >= 0.6 is 0 Å². The van der Waals surface area contributed by atoms with Crippen LogP contribution in [0.4, 0.5) is 11.5 Å². The normalized spacial score (nSPS) is 20.2. The summed E-state index contributed by atoms with van der Waals surface area (Å²) in [6.07, 6.45) is 8.83. The van der Waals surface area contributed by atoms with E-state index >= 15 is 0 Å². The van der Waals surface area contributed by atoms with Gasteiger partial charge in [0.25, 0.3) is 6.47 Å². The minimum Gasteiger partial charge on any atom is -0.457 e. The molecule has 6 heterocycles. The van der Waals surface area contributed by atoms with Gasteiger partial charge in [0.1, 0.15) is 35.4 Å². The molecule has 0 radical (unpaired) electrons. The zero-order valence-electron chi connectivity index (χ0n) is 36.1. The molecule has 3 aromatic carbocycles. The highest BCUT2D eigenvalue weighted by atomic mass is 16.5. The van der Waals surface area contributed by atoms with Gasteiger partial charge in [-0.1, -0.05) is 24.3 Å².